The smallest absolute Gasteiger partial charge is 0.400 e. The second kappa shape index (κ2) is 4.94. The predicted octanol–water partition coefficient (Wildman–Crippen LogP) is 4.30. The Morgan fingerprint density at radius 3 is 2.28 bits per heavy atom. The van der Waals surface area contributed by atoms with Gasteiger partial charge >= 0.3 is 7.82 Å². The van der Waals surface area contributed by atoms with Crippen LogP contribution < -0.4 is 0 Å². The Morgan fingerprint density at radius 2 is 1.78 bits per heavy atom. The van der Waals surface area contributed by atoms with Crippen molar-refractivity contribution in [3.8, 4) is 0 Å². The Balaban J connectivity index is 3.35. The molecule has 18 heavy (non-hydrogen) atoms. The van der Waals surface area contributed by atoms with E-state index in [0.717, 1.165) is 11.1 Å². The van der Waals surface area contributed by atoms with Crippen molar-refractivity contribution >= 4 is 7.82 Å². The fourth-order valence-electron chi connectivity index (χ4n) is 1.82. The average molecular weight is 272 g/mol. The fourth-order valence-corrected chi connectivity index (χ4v) is 2.81. The van der Waals surface area contributed by atoms with Crippen molar-refractivity contribution in [1.82, 2.24) is 0 Å². The van der Waals surface area contributed by atoms with Gasteiger partial charge in [-0.15, -0.1) is 6.58 Å². The van der Waals surface area contributed by atoms with Gasteiger partial charge in [0.15, 0.2) is 0 Å². The molecule has 1 unspecified atom stereocenters. The van der Waals surface area contributed by atoms with E-state index in [-0.39, 0.29) is 5.41 Å². The maximum atomic E-state index is 11.8. The number of allylic oxidation sites excluding steroid dienone is 5. The van der Waals surface area contributed by atoms with Crippen LogP contribution in [0.3, 0.4) is 0 Å². The molecule has 1 atom stereocenters. The third-order valence-electron chi connectivity index (χ3n) is 3.26. The van der Waals surface area contributed by atoms with Crippen LogP contribution in [-0.2, 0) is 13.6 Å². The van der Waals surface area contributed by atoms with Crippen molar-refractivity contribution in [2.75, 3.05) is 0 Å². The number of rotatable bonds is 2. The first-order valence-electron chi connectivity index (χ1n) is 5.81. The van der Waals surface area contributed by atoms with Gasteiger partial charge < -0.3 is 9.05 Å². The van der Waals surface area contributed by atoms with Gasteiger partial charge in [-0.3, -0.25) is 4.89 Å². The minimum atomic E-state index is -4.07. The van der Waals surface area contributed by atoms with E-state index in [1.54, 1.807) is 13.8 Å². The van der Waals surface area contributed by atoms with Crippen LogP contribution in [0.15, 0.2) is 35.3 Å². The molecule has 1 aliphatic heterocycles. The van der Waals surface area contributed by atoms with Crippen molar-refractivity contribution < 1.29 is 18.5 Å². The third kappa shape index (κ3) is 3.27. The zero-order chi connectivity index (χ0) is 14.1. The van der Waals surface area contributed by atoms with Crippen LogP contribution in [0.4, 0.5) is 0 Å². The molecule has 1 N–H and O–H groups in total. The lowest BCUT2D eigenvalue weighted by molar-refractivity contribution is 0.207. The number of hydrogen-bond acceptors (Lipinski definition) is 3. The summed E-state index contributed by atoms with van der Waals surface area (Å²) in [5, 5.41) is 0. The molecular formula is C13H21O4P. The first kappa shape index (κ1) is 15.1. The molecule has 0 aromatic carbocycles. The summed E-state index contributed by atoms with van der Waals surface area (Å²) in [5.41, 5.74) is 1.55. The van der Waals surface area contributed by atoms with Crippen LogP contribution in [-0.4, -0.2) is 4.89 Å². The average Bonchev–Trinajstić information content (AvgIpc) is 2.22. The van der Waals surface area contributed by atoms with Gasteiger partial charge in [-0.1, -0.05) is 19.9 Å². The van der Waals surface area contributed by atoms with E-state index >= 15 is 0 Å². The molecule has 0 radical (unpaired) electrons. The van der Waals surface area contributed by atoms with Crippen LogP contribution in [0.2, 0.25) is 0 Å². The monoisotopic (exact) mass is 272 g/mol. The standard InChI is InChI=1S/C13H21O4P/c1-7-13(5,6)12-8-9(2)10(3)16-18(14,15)17-11(12)4/h7H,1,8H2,2-6H3,(H,14,15)/b10-9-,12-11+. The maximum absolute atomic E-state index is 11.8. The highest BCUT2D eigenvalue weighted by molar-refractivity contribution is 7.47. The van der Waals surface area contributed by atoms with E-state index < -0.39 is 7.82 Å². The Kier molecular flexibility index (Phi) is 4.14. The third-order valence-corrected chi connectivity index (χ3v) is 4.27. The Hall–Kier alpha value is -0.990. The van der Waals surface area contributed by atoms with Crippen LogP contribution >= 0.6 is 7.82 Å². The molecule has 1 rings (SSSR count). The summed E-state index contributed by atoms with van der Waals surface area (Å²) in [5.74, 6) is 0.864. The Morgan fingerprint density at radius 1 is 1.28 bits per heavy atom. The second-order valence-corrected chi connectivity index (χ2v) is 6.43. The summed E-state index contributed by atoms with van der Waals surface area (Å²) in [6.07, 6.45) is 2.44. The van der Waals surface area contributed by atoms with Crippen LogP contribution in [0.1, 0.15) is 41.0 Å². The summed E-state index contributed by atoms with van der Waals surface area (Å²) >= 11 is 0. The molecule has 0 saturated heterocycles. The molecular weight excluding hydrogens is 251 g/mol. The molecule has 0 spiro atoms. The van der Waals surface area contributed by atoms with Crippen LogP contribution in [0.25, 0.3) is 0 Å². The van der Waals surface area contributed by atoms with Gasteiger partial charge in [0.05, 0.1) is 0 Å². The molecule has 0 bridgehead atoms. The van der Waals surface area contributed by atoms with Crippen LogP contribution in [0, 0.1) is 5.41 Å². The highest BCUT2D eigenvalue weighted by Crippen LogP contribution is 2.52. The number of phosphoric ester groups is 1. The molecule has 0 aromatic rings. The molecule has 0 amide bonds. The van der Waals surface area contributed by atoms with E-state index in [9.17, 15) is 9.46 Å². The molecule has 5 heteroatoms. The molecule has 0 saturated carbocycles. The number of phosphoric acid groups is 1. The predicted molar refractivity (Wildman–Crippen MR) is 71.7 cm³/mol. The highest BCUT2D eigenvalue weighted by atomic mass is 31.2. The van der Waals surface area contributed by atoms with Gasteiger partial charge in [-0.05, 0) is 38.3 Å². The van der Waals surface area contributed by atoms with Crippen molar-refractivity contribution in [3.63, 3.8) is 0 Å². The summed E-state index contributed by atoms with van der Waals surface area (Å²) in [4.78, 5) is 9.61. The Bertz CT molecular complexity index is 471. The highest BCUT2D eigenvalue weighted by Gasteiger charge is 2.32. The van der Waals surface area contributed by atoms with E-state index in [1.165, 1.54) is 0 Å². The lowest BCUT2D eigenvalue weighted by Gasteiger charge is -2.29. The van der Waals surface area contributed by atoms with Gasteiger partial charge in [-0.25, -0.2) is 4.57 Å². The second-order valence-electron chi connectivity index (χ2n) is 5.12. The maximum Gasteiger partial charge on any atom is 0.584 e. The molecule has 1 heterocycles. The first-order chi connectivity index (χ1) is 8.09. The fraction of sp³-hybridized carbons (Fsp3) is 0.538. The Labute approximate surface area is 109 Å². The van der Waals surface area contributed by atoms with E-state index in [1.807, 2.05) is 26.8 Å². The van der Waals surface area contributed by atoms with Crippen molar-refractivity contribution in [2.24, 2.45) is 5.41 Å². The molecule has 102 valence electrons. The largest absolute Gasteiger partial charge is 0.584 e. The van der Waals surface area contributed by atoms with E-state index in [4.69, 9.17) is 9.05 Å². The molecule has 0 fully saturated rings. The minimum Gasteiger partial charge on any atom is -0.400 e. The lowest BCUT2D eigenvalue weighted by atomic mass is 9.80. The molecule has 1 aliphatic rings. The zero-order valence-corrected chi connectivity index (χ0v) is 12.5. The van der Waals surface area contributed by atoms with E-state index in [0.29, 0.717) is 17.9 Å². The quantitative estimate of drug-likeness (QED) is 0.601. The minimum absolute atomic E-state index is 0.303. The molecule has 0 aromatic heterocycles. The van der Waals surface area contributed by atoms with Crippen molar-refractivity contribution in [1.29, 1.82) is 0 Å². The van der Waals surface area contributed by atoms with Gasteiger partial charge in [-0.2, -0.15) is 0 Å². The summed E-state index contributed by atoms with van der Waals surface area (Å²) in [7, 11) is -4.07. The van der Waals surface area contributed by atoms with Gasteiger partial charge in [0, 0.05) is 5.41 Å². The van der Waals surface area contributed by atoms with Crippen molar-refractivity contribution in [3.05, 3.63) is 35.3 Å². The lowest BCUT2D eigenvalue weighted by Crippen LogP contribution is -2.16. The topological polar surface area (TPSA) is 55.8 Å². The molecule has 4 nitrogen and oxygen atoms in total. The first-order valence-corrected chi connectivity index (χ1v) is 7.31. The SMILES string of the molecule is C=CC(C)(C)/C1=C(\C)OP(=O)(O)O/C(C)=C(/C)C1. The van der Waals surface area contributed by atoms with Crippen molar-refractivity contribution in [2.45, 2.75) is 41.0 Å². The normalized spacial score (nSPS) is 34.1. The molecule has 0 aliphatic carbocycles. The van der Waals surface area contributed by atoms with Gasteiger partial charge in [0.1, 0.15) is 11.5 Å². The van der Waals surface area contributed by atoms with Crippen LogP contribution in [0.5, 0.6) is 0 Å². The number of hydrogen-bond donors (Lipinski definition) is 1. The summed E-state index contributed by atoms with van der Waals surface area (Å²) < 4.78 is 21.8. The van der Waals surface area contributed by atoms with E-state index in [2.05, 4.69) is 6.58 Å². The van der Waals surface area contributed by atoms with Gasteiger partial charge in [0.25, 0.3) is 0 Å². The van der Waals surface area contributed by atoms with Gasteiger partial charge in [0.2, 0.25) is 0 Å². The summed E-state index contributed by atoms with van der Waals surface area (Å²) in [6.45, 7) is 13.0. The zero-order valence-electron chi connectivity index (χ0n) is 11.6. The summed E-state index contributed by atoms with van der Waals surface area (Å²) in [6, 6.07) is 0.